The lowest BCUT2D eigenvalue weighted by Crippen LogP contribution is -2.49. The van der Waals surface area contributed by atoms with Crippen molar-refractivity contribution in [2.45, 2.75) is 33.4 Å². The highest BCUT2D eigenvalue weighted by Crippen LogP contribution is 2.26. The van der Waals surface area contributed by atoms with Crippen LogP contribution in [0.5, 0.6) is 0 Å². The third-order valence-corrected chi connectivity index (χ3v) is 6.89. The summed E-state index contributed by atoms with van der Waals surface area (Å²) in [5.74, 6) is 2.82. The Bertz CT molecular complexity index is 1100. The molecule has 4 rings (SSSR count). The number of benzene rings is 2. The molecule has 1 aliphatic heterocycles. The van der Waals surface area contributed by atoms with Gasteiger partial charge in [0.05, 0.1) is 11.4 Å². The van der Waals surface area contributed by atoms with Crippen molar-refractivity contribution in [3.05, 3.63) is 70.6 Å². The molecule has 0 unspecified atom stereocenters. The van der Waals surface area contributed by atoms with Crippen molar-refractivity contribution in [2.24, 2.45) is 0 Å². The van der Waals surface area contributed by atoms with Crippen LogP contribution in [-0.4, -0.2) is 47.7 Å². The molecule has 2 heterocycles. The minimum atomic E-state index is 0.204. The van der Waals surface area contributed by atoms with Gasteiger partial charge in [0.25, 0.3) is 0 Å². The summed E-state index contributed by atoms with van der Waals surface area (Å²) >= 11 is 1.61. The summed E-state index contributed by atoms with van der Waals surface area (Å²) < 4.78 is 5.88. The summed E-state index contributed by atoms with van der Waals surface area (Å²) in [6.45, 7) is 11.6. The minimum Gasteiger partial charge on any atom is -0.441 e. The standard InChI is InChI=1S/C26H31N3O2S/c1-18-6-5-7-22(14-18)26-27-23(21(4)31-26)16-32-17-25(30)29-12-10-28(11-13-29)24-15-19(2)8-9-20(24)3/h5-9,14-15H,10-13,16-17H2,1-4H3. The first-order valence-corrected chi connectivity index (χ1v) is 12.3. The minimum absolute atomic E-state index is 0.204. The van der Waals surface area contributed by atoms with Crippen LogP contribution in [0.25, 0.3) is 11.5 Å². The third-order valence-electron chi connectivity index (χ3n) is 5.96. The Morgan fingerprint density at radius 1 is 1.00 bits per heavy atom. The lowest BCUT2D eigenvalue weighted by atomic mass is 10.1. The topological polar surface area (TPSA) is 49.6 Å². The molecule has 5 nitrogen and oxygen atoms in total. The van der Waals surface area contributed by atoms with E-state index in [1.54, 1.807) is 11.8 Å². The molecular weight excluding hydrogens is 418 g/mol. The van der Waals surface area contributed by atoms with Crippen LogP contribution in [0, 0.1) is 27.7 Å². The normalized spacial score (nSPS) is 14.1. The van der Waals surface area contributed by atoms with Gasteiger partial charge in [0.2, 0.25) is 11.8 Å². The van der Waals surface area contributed by atoms with Crippen molar-refractivity contribution < 1.29 is 9.21 Å². The molecule has 1 aliphatic rings. The molecule has 1 aromatic heterocycles. The van der Waals surface area contributed by atoms with Crippen LogP contribution in [0.1, 0.15) is 28.1 Å². The molecular formula is C26H31N3O2S. The molecule has 6 heteroatoms. The van der Waals surface area contributed by atoms with Gasteiger partial charge in [-0.15, -0.1) is 11.8 Å². The Morgan fingerprint density at radius 3 is 2.50 bits per heavy atom. The third kappa shape index (κ3) is 5.18. The maximum atomic E-state index is 12.7. The van der Waals surface area contributed by atoms with Gasteiger partial charge in [-0.25, -0.2) is 4.98 Å². The van der Waals surface area contributed by atoms with Crippen LogP contribution in [0.15, 0.2) is 46.9 Å². The van der Waals surface area contributed by atoms with E-state index in [4.69, 9.17) is 4.42 Å². The SMILES string of the molecule is Cc1cccc(-c2nc(CSCC(=O)N3CCN(c4cc(C)ccc4C)CC3)c(C)o2)c1. The molecule has 3 aromatic rings. The number of thioether (sulfide) groups is 1. The molecule has 1 amide bonds. The Labute approximate surface area is 194 Å². The molecule has 0 atom stereocenters. The molecule has 0 radical (unpaired) electrons. The van der Waals surface area contributed by atoms with E-state index in [9.17, 15) is 4.79 Å². The molecule has 0 saturated carbocycles. The first-order valence-electron chi connectivity index (χ1n) is 11.1. The maximum Gasteiger partial charge on any atom is 0.232 e. The Morgan fingerprint density at radius 2 is 1.75 bits per heavy atom. The second-order valence-corrected chi connectivity index (χ2v) is 9.53. The Hall–Kier alpha value is -2.73. The number of carbonyl (C=O) groups excluding carboxylic acids is 1. The number of rotatable bonds is 6. The molecule has 0 bridgehead atoms. The first-order chi connectivity index (χ1) is 15.4. The zero-order valence-electron chi connectivity index (χ0n) is 19.4. The van der Waals surface area contributed by atoms with Crippen LogP contribution in [0.2, 0.25) is 0 Å². The number of piperazine rings is 1. The maximum absolute atomic E-state index is 12.7. The summed E-state index contributed by atoms with van der Waals surface area (Å²) in [6, 6.07) is 14.7. The summed E-state index contributed by atoms with van der Waals surface area (Å²) in [5.41, 5.74) is 6.93. The highest BCUT2D eigenvalue weighted by Gasteiger charge is 2.22. The average molecular weight is 450 g/mol. The fourth-order valence-corrected chi connectivity index (χ4v) is 4.97. The predicted octanol–water partition coefficient (Wildman–Crippen LogP) is 5.16. The zero-order chi connectivity index (χ0) is 22.7. The van der Waals surface area contributed by atoms with Gasteiger partial charge in [-0.05, 0) is 57.0 Å². The van der Waals surface area contributed by atoms with E-state index in [1.807, 2.05) is 24.0 Å². The highest BCUT2D eigenvalue weighted by atomic mass is 32.2. The largest absolute Gasteiger partial charge is 0.441 e. The molecule has 1 saturated heterocycles. The van der Waals surface area contributed by atoms with Gasteiger partial charge in [-0.2, -0.15) is 0 Å². The number of carbonyl (C=O) groups is 1. The monoisotopic (exact) mass is 449 g/mol. The van der Waals surface area contributed by atoms with Gasteiger partial charge in [0, 0.05) is 43.2 Å². The summed E-state index contributed by atoms with van der Waals surface area (Å²) in [7, 11) is 0. The number of oxazole rings is 1. The Kier molecular flexibility index (Phi) is 6.89. The fourth-order valence-electron chi connectivity index (χ4n) is 4.05. The van der Waals surface area contributed by atoms with Gasteiger partial charge in [0.1, 0.15) is 5.76 Å². The quantitative estimate of drug-likeness (QED) is 0.520. The second-order valence-electron chi connectivity index (χ2n) is 8.54. The van der Waals surface area contributed by atoms with Crippen molar-refractivity contribution in [3.63, 3.8) is 0 Å². The van der Waals surface area contributed by atoms with Crippen LogP contribution >= 0.6 is 11.8 Å². The molecule has 1 fully saturated rings. The molecule has 168 valence electrons. The second kappa shape index (κ2) is 9.82. The van der Waals surface area contributed by atoms with Gasteiger partial charge >= 0.3 is 0 Å². The van der Waals surface area contributed by atoms with E-state index in [0.717, 1.165) is 43.2 Å². The lowest BCUT2D eigenvalue weighted by Gasteiger charge is -2.37. The summed E-state index contributed by atoms with van der Waals surface area (Å²) in [4.78, 5) is 21.8. The first kappa shape index (κ1) is 22.5. The van der Waals surface area contributed by atoms with Crippen molar-refractivity contribution in [1.29, 1.82) is 0 Å². The zero-order valence-corrected chi connectivity index (χ0v) is 20.2. The van der Waals surface area contributed by atoms with E-state index in [0.29, 0.717) is 17.4 Å². The Balaban J connectivity index is 1.27. The van der Waals surface area contributed by atoms with Crippen molar-refractivity contribution in [3.8, 4) is 11.5 Å². The van der Waals surface area contributed by atoms with Crippen molar-refractivity contribution in [1.82, 2.24) is 9.88 Å². The number of anilines is 1. The number of hydrogen-bond acceptors (Lipinski definition) is 5. The molecule has 0 spiro atoms. The van der Waals surface area contributed by atoms with Gasteiger partial charge < -0.3 is 14.2 Å². The molecule has 0 N–H and O–H groups in total. The van der Waals surface area contributed by atoms with E-state index in [2.05, 4.69) is 61.0 Å². The smallest absolute Gasteiger partial charge is 0.232 e. The van der Waals surface area contributed by atoms with E-state index >= 15 is 0 Å². The van der Waals surface area contributed by atoms with E-state index in [-0.39, 0.29) is 5.91 Å². The number of amides is 1. The van der Waals surface area contributed by atoms with E-state index < -0.39 is 0 Å². The number of aryl methyl sites for hydroxylation is 4. The van der Waals surface area contributed by atoms with Crippen LogP contribution in [0.4, 0.5) is 5.69 Å². The summed E-state index contributed by atoms with van der Waals surface area (Å²) in [5, 5.41) is 0. The average Bonchev–Trinajstić information content (AvgIpc) is 3.16. The molecule has 32 heavy (non-hydrogen) atoms. The number of aromatic nitrogens is 1. The summed E-state index contributed by atoms with van der Waals surface area (Å²) in [6.07, 6.45) is 0. The van der Waals surface area contributed by atoms with Crippen LogP contribution in [0.3, 0.4) is 0 Å². The number of nitrogens with zero attached hydrogens (tertiary/aromatic N) is 3. The van der Waals surface area contributed by atoms with Crippen molar-refractivity contribution in [2.75, 3.05) is 36.8 Å². The highest BCUT2D eigenvalue weighted by molar-refractivity contribution is 7.99. The lowest BCUT2D eigenvalue weighted by molar-refractivity contribution is -0.128. The fraction of sp³-hybridized carbons (Fsp3) is 0.385. The molecule has 0 aliphatic carbocycles. The van der Waals surface area contributed by atoms with Gasteiger partial charge in [0.15, 0.2) is 0 Å². The van der Waals surface area contributed by atoms with Crippen LogP contribution < -0.4 is 4.90 Å². The molecule has 2 aromatic carbocycles. The van der Waals surface area contributed by atoms with Gasteiger partial charge in [-0.1, -0.05) is 29.8 Å². The van der Waals surface area contributed by atoms with Gasteiger partial charge in [-0.3, -0.25) is 4.79 Å². The van der Waals surface area contributed by atoms with Crippen molar-refractivity contribution >= 4 is 23.4 Å². The number of hydrogen-bond donors (Lipinski definition) is 0. The van der Waals surface area contributed by atoms with Crippen LogP contribution in [-0.2, 0) is 10.5 Å². The predicted molar refractivity (Wildman–Crippen MR) is 132 cm³/mol. The van der Waals surface area contributed by atoms with E-state index in [1.165, 1.54) is 22.4 Å².